The lowest BCUT2D eigenvalue weighted by Crippen LogP contribution is -2.30. The third-order valence-corrected chi connectivity index (χ3v) is 4.01. The molecule has 1 aliphatic rings. The number of carbonyl (C=O) groups is 1. The van der Waals surface area contributed by atoms with E-state index in [1.54, 1.807) is 0 Å². The number of halogens is 1. The number of rotatable bonds is 7. The second-order valence-electron chi connectivity index (χ2n) is 5.06. The van der Waals surface area contributed by atoms with E-state index in [-0.39, 0.29) is 24.8 Å². The molecule has 5 heteroatoms. The van der Waals surface area contributed by atoms with Crippen LogP contribution >= 0.6 is 15.9 Å². The smallest absolute Gasteiger partial charge is 0.308 e. The average molecular weight is 387 g/mol. The molecule has 0 bridgehead atoms. The van der Waals surface area contributed by atoms with Gasteiger partial charge in [0.15, 0.2) is 6.29 Å². The lowest BCUT2D eigenvalue weighted by Gasteiger charge is -2.26. The predicted octanol–water partition coefficient (Wildman–Crippen LogP) is 4.45. The van der Waals surface area contributed by atoms with Gasteiger partial charge in [-0.05, 0) is 24.8 Å². The second kappa shape index (κ2) is 12.5. The van der Waals surface area contributed by atoms with Crippen LogP contribution in [0.3, 0.4) is 0 Å². The van der Waals surface area contributed by atoms with Crippen LogP contribution in [0.5, 0.6) is 0 Å². The molecule has 23 heavy (non-hydrogen) atoms. The van der Waals surface area contributed by atoms with E-state index in [1.807, 2.05) is 44.2 Å². The van der Waals surface area contributed by atoms with Crippen LogP contribution in [-0.2, 0) is 25.6 Å². The van der Waals surface area contributed by atoms with E-state index in [4.69, 9.17) is 14.2 Å². The fourth-order valence-corrected chi connectivity index (χ4v) is 2.54. The van der Waals surface area contributed by atoms with Gasteiger partial charge in [-0.1, -0.05) is 60.1 Å². The fourth-order valence-electron chi connectivity index (χ4n) is 2.16. The molecule has 0 N–H and O–H groups in total. The van der Waals surface area contributed by atoms with Crippen molar-refractivity contribution in [3.63, 3.8) is 0 Å². The normalized spacial score (nSPS) is 18.5. The third kappa shape index (κ3) is 8.49. The van der Waals surface area contributed by atoms with E-state index in [1.165, 1.54) is 0 Å². The highest BCUT2D eigenvalue weighted by molar-refractivity contribution is 9.09. The Hall–Kier alpha value is -0.910. The van der Waals surface area contributed by atoms with Gasteiger partial charge < -0.3 is 14.2 Å². The first-order valence-corrected chi connectivity index (χ1v) is 9.42. The van der Waals surface area contributed by atoms with Crippen LogP contribution in [0.15, 0.2) is 30.3 Å². The van der Waals surface area contributed by atoms with Gasteiger partial charge in [0.2, 0.25) is 0 Å². The van der Waals surface area contributed by atoms with Crippen molar-refractivity contribution in [2.45, 2.75) is 58.5 Å². The highest BCUT2D eigenvalue weighted by atomic mass is 79.9. The minimum atomic E-state index is -0.251. The summed E-state index contributed by atoms with van der Waals surface area (Å²) in [5.74, 6) is -0.251. The van der Waals surface area contributed by atoms with Gasteiger partial charge in [-0.25, -0.2) is 0 Å². The Balaban J connectivity index is 0.00000127. The quantitative estimate of drug-likeness (QED) is 0.512. The fraction of sp³-hybridized carbons (Fsp3) is 0.611. The molecule has 130 valence electrons. The Kier molecular flexibility index (Phi) is 10.9. The summed E-state index contributed by atoms with van der Waals surface area (Å²) in [6.45, 7) is 5.03. The summed E-state index contributed by atoms with van der Waals surface area (Å²) in [5, 5.41) is 0.591. The first-order valence-electron chi connectivity index (χ1n) is 8.30. The van der Waals surface area contributed by atoms with Crippen LogP contribution in [0.2, 0.25) is 0 Å². The Morgan fingerprint density at radius 3 is 2.65 bits per heavy atom. The maximum atomic E-state index is 11.9. The zero-order chi connectivity index (χ0) is 16.9. The number of esters is 1. The molecule has 0 radical (unpaired) electrons. The first kappa shape index (κ1) is 20.1. The summed E-state index contributed by atoms with van der Waals surface area (Å²) < 4.78 is 16.6. The largest absolute Gasteiger partial charge is 0.461 e. The molecule has 0 aromatic heterocycles. The van der Waals surface area contributed by atoms with E-state index < -0.39 is 0 Å². The lowest BCUT2D eigenvalue weighted by molar-refractivity contribution is -0.188. The van der Waals surface area contributed by atoms with Gasteiger partial charge in [-0.15, -0.1) is 0 Å². The highest BCUT2D eigenvalue weighted by Crippen LogP contribution is 2.18. The van der Waals surface area contributed by atoms with Crippen molar-refractivity contribution in [2.24, 2.45) is 0 Å². The molecule has 0 amide bonds. The van der Waals surface area contributed by atoms with Gasteiger partial charge in [-0.2, -0.15) is 0 Å². The number of hydrogen-bond acceptors (Lipinski definition) is 4. The van der Waals surface area contributed by atoms with Crippen LogP contribution in [0.1, 0.15) is 45.1 Å². The van der Waals surface area contributed by atoms with Gasteiger partial charge in [0.1, 0.15) is 6.61 Å². The molecule has 2 unspecified atom stereocenters. The van der Waals surface area contributed by atoms with Crippen molar-refractivity contribution in [1.82, 2.24) is 0 Å². The van der Waals surface area contributed by atoms with Gasteiger partial charge >= 0.3 is 5.97 Å². The topological polar surface area (TPSA) is 44.8 Å². The molecule has 1 aromatic rings. The third-order valence-electron chi connectivity index (χ3n) is 3.29. The SMILES string of the molecule is CC.O=C(CC(CBr)OC1CCCCO1)OCc1ccccc1. The Bertz CT molecular complexity index is 418. The average Bonchev–Trinajstić information content (AvgIpc) is 2.63. The Morgan fingerprint density at radius 2 is 2.04 bits per heavy atom. The summed E-state index contributed by atoms with van der Waals surface area (Å²) in [4.78, 5) is 11.9. The van der Waals surface area contributed by atoms with Crippen LogP contribution in [-0.4, -0.2) is 30.3 Å². The summed E-state index contributed by atoms with van der Waals surface area (Å²) in [5.41, 5.74) is 0.984. The van der Waals surface area contributed by atoms with Gasteiger partial charge in [-0.3, -0.25) is 4.79 Å². The van der Waals surface area contributed by atoms with Crippen molar-refractivity contribution < 1.29 is 19.0 Å². The molecular weight excluding hydrogens is 360 g/mol. The minimum Gasteiger partial charge on any atom is -0.461 e. The summed E-state index contributed by atoms with van der Waals surface area (Å²) >= 11 is 3.38. The van der Waals surface area contributed by atoms with E-state index >= 15 is 0 Å². The number of benzene rings is 1. The van der Waals surface area contributed by atoms with Crippen molar-refractivity contribution >= 4 is 21.9 Å². The van der Waals surface area contributed by atoms with E-state index in [9.17, 15) is 4.79 Å². The maximum Gasteiger partial charge on any atom is 0.308 e. The number of hydrogen-bond donors (Lipinski definition) is 0. The molecule has 2 rings (SSSR count). The van der Waals surface area contributed by atoms with E-state index in [2.05, 4.69) is 15.9 Å². The van der Waals surface area contributed by atoms with Gasteiger partial charge in [0.25, 0.3) is 0 Å². The molecule has 0 saturated carbocycles. The molecule has 1 heterocycles. The molecule has 1 aliphatic heterocycles. The van der Waals surface area contributed by atoms with E-state index in [0.717, 1.165) is 31.4 Å². The molecule has 4 nitrogen and oxygen atoms in total. The molecule has 1 aromatic carbocycles. The molecule has 0 spiro atoms. The molecule has 1 fully saturated rings. The second-order valence-corrected chi connectivity index (χ2v) is 5.71. The highest BCUT2D eigenvalue weighted by Gasteiger charge is 2.21. The molecule has 1 saturated heterocycles. The van der Waals surface area contributed by atoms with Crippen molar-refractivity contribution in [3.8, 4) is 0 Å². The summed E-state index contributed by atoms with van der Waals surface area (Å²) in [6, 6.07) is 9.65. The van der Waals surface area contributed by atoms with Gasteiger partial charge in [0, 0.05) is 11.9 Å². The Labute approximate surface area is 147 Å². The van der Waals surface area contributed by atoms with Crippen molar-refractivity contribution in [2.75, 3.05) is 11.9 Å². The monoisotopic (exact) mass is 386 g/mol. The molecular formula is C18H27BrO4. The van der Waals surface area contributed by atoms with Crippen LogP contribution in [0, 0.1) is 0 Å². The number of carbonyl (C=O) groups excluding carboxylic acids is 1. The summed E-state index contributed by atoms with van der Waals surface area (Å²) in [6.07, 6.45) is 2.91. The zero-order valence-electron chi connectivity index (χ0n) is 14.0. The molecule has 2 atom stereocenters. The van der Waals surface area contributed by atoms with Crippen molar-refractivity contribution in [1.29, 1.82) is 0 Å². The minimum absolute atomic E-state index is 0.191. The summed E-state index contributed by atoms with van der Waals surface area (Å²) in [7, 11) is 0. The van der Waals surface area contributed by atoms with E-state index in [0.29, 0.717) is 11.9 Å². The Morgan fingerprint density at radius 1 is 1.30 bits per heavy atom. The van der Waals surface area contributed by atoms with Gasteiger partial charge in [0.05, 0.1) is 12.5 Å². The predicted molar refractivity (Wildman–Crippen MR) is 94.5 cm³/mol. The van der Waals surface area contributed by atoms with Crippen molar-refractivity contribution in [3.05, 3.63) is 35.9 Å². The number of ether oxygens (including phenoxy) is 3. The molecule has 0 aliphatic carbocycles. The number of alkyl halides is 1. The lowest BCUT2D eigenvalue weighted by atomic mass is 10.2. The van der Waals surface area contributed by atoms with Crippen LogP contribution in [0.4, 0.5) is 0 Å². The maximum absolute atomic E-state index is 11.9. The van der Waals surface area contributed by atoms with Crippen LogP contribution < -0.4 is 0 Å². The van der Waals surface area contributed by atoms with Crippen LogP contribution in [0.25, 0.3) is 0 Å². The first-order chi connectivity index (χ1) is 11.3. The standard InChI is InChI=1S/C16H21BrO4.C2H6/c17-11-14(21-16-8-4-5-9-19-16)10-15(18)20-12-13-6-2-1-3-7-13;1-2/h1-3,6-7,14,16H,4-5,8-12H2;1-2H3. The zero-order valence-corrected chi connectivity index (χ0v) is 15.6.